The second-order valence-corrected chi connectivity index (χ2v) is 9.09. The summed E-state index contributed by atoms with van der Waals surface area (Å²) in [4.78, 5) is 5.13. The normalized spacial score (nSPS) is 21.4. The molecular weight excluding hydrogens is 470 g/mol. The number of hydrogen-bond donors (Lipinski definition) is 2. The summed E-state index contributed by atoms with van der Waals surface area (Å²) in [6.45, 7) is 11.7. The summed E-state index contributed by atoms with van der Waals surface area (Å²) in [5, 5.41) is 20.4. The minimum absolute atomic E-state index is 0.146. The number of ether oxygens (including phenoxy) is 1. The molecular formula is C20H15F4N3O5S. The van der Waals surface area contributed by atoms with Gasteiger partial charge in [-0.3, -0.25) is 0 Å². The van der Waals surface area contributed by atoms with Crippen LogP contribution in [0, 0.1) is 19.0 Å². The van der Waals surface area contributed by atoms with E-state index in [-0.39, 0.29) is 11.4 Å². The second-order valence-electron chi connectivity index (χ2n) is 7.18. The molecule has 2 N–H and O–H groups in total. The molecule has 1 aliphatic rings. The predicted octanol–water partition coefficient (Wildman–Crippen LogP) is 3.12. The summed E-state index contributed by atoms with van der Waals surface area (Å²) >= 11 is 0. The van der Waals surface area contributed by atoms with Crippen LogP contribution in [0.1, 0.15) is 5.56 Å². The molecule has 33 heavy (non-hydrogen) atoms. The standard InChI is InChI=1S/C20H15F4N3O5S/c1-25-15-5-4-13(8-14(15)21)32-18-9-27(10-19(18,29)11-28)33(30,31)17-6-3-12(20(22,23)24)7-16(17)26-2/h3-8,18,28-29H,9-11H2/t18-,19+/m0/s1. The largest absolute Gasteiger partial charge is 0.486 e. The van der Waals surface area contributed by atoms with Gasteiger partial charge >= 0.3 is 6.18 Å². The molecule has 0 saturated carbocycles. The van der Waals surface area contributed by atoms with Crippen LogP contribution < -0.4 is 4.74 Å². The van der Waals surface area contributed by atoms with Crippen LogP contribution in [0.5, 0.6) is 5.75 Å². The van der Waals surface area contributed by atoms with Gasteiger partial charge in [-0.05, 0) is 18.2 Å². The fourth-order valence-corrected chi connectivity index (χ4v) is 4.87. The SMILES string of the molecule is [C-]#[N+]c1ccc(O[C@H]2CN(S(=O)(=O)c3ccc(C(F)(F)F)cc3[N+]#[C-])C[C@@]2(O)CO)cc1F. The Morgan fingerprint density at radius 1 is 1.15 bits per heavy atom. The van der Waals surface area contributed by atoms with Gasteiger partial charge in [0.2, 0.25) is 21.4 Å². The molecule has 0 radical (unpaired) electrons. The van der Waals surface area contributed by atoms with E-state index in [0.29, 0.717) is 22.5 Å². The Balaban J connectivity index is 1.94. The van der Waals surface area contributed by atoms with E-state index < -0.39 is 69.6 Å². The highest BCUT2D eigenvalue weighted by Gasteiger charge is 2.51. The first-order chi connectivity index (χ1) is 15.4. The van der Waals surface area contributed by atoms with E-state index in [0.717, 1.165) is 12.1 Å². The monoisotopic (exact) mass is 485 g/mol. The lowest BCUT2D eigenvalue weighted by Gasteiger charge is -2.27. The van der Waals surface area contributed by atoms with Gasteiger partial charge in [0.1, 0.15) is 23.3 Å². The number of rotatable bonds is 5. The van der Waals surface area contributed by atoms with Crippen molar-refractivity contribution in [2.24, 2.45) is 0 Å². The van der Waals surface area contributed by atoms with Crippen molar-refractivity contribution in [3.8, 4) is 5.75 Å². The van der Waals surface area contributed by atoms with E-state index in [1.807, 2.05) is 0 Å². The Morgan fingerprint density at radius 2 is 1.82 bits per heavy atom. The summed E-state index contributed by atoms with van der Waals surface area (Å²) in [7, 11) is -4.58. The lowest BCUT2D eigenvalue weighted by atomic mass is 10.0. The van der Waals surface area contributed by atoms with E-state index in [1.54, 1.807) is 0 Å². The lowest BCUT2D eigenvalue weighted by Crippen LogP contribution is -2.48. The molecule has 0 amide bonds. The van der Waals surface area contributed by atoms with Crippen LogP contribution in [0.25, 0.3) is 9.69 Å². The minimum Gasteiger partial charge on any atom is -0.486 e. The Morgan fingerprint density at radius 3 is 2.36 bits per heavy atom. The first-order valence-electron chi connectivity index (χ1n) is 9.11. The van der Waals surface area contributed by atoms with Crippen LogP contribution >= 0.6 is 0 Å². The molecule has 3 rings (SSSR count). The van der Waals surface area contributed by atoms with Crippen LogP contribution in [0.2, 0.25) is 0 Å². The number of benzene rings is 2. The van der Waals surface area contributed by atoms with Gasteiger partial charge in [-0.15, -0.1) is 0 Å². The molecule has 174 valence electrons. The van der Waals surface area contributed by atoms with Gasteiger partial charge in [-0.1, -0.05) is 12.1 Å². The smallest absolute Gasteiger partial charge is 0.415 e. The molecule has 2 aromatic carbocycles. The summed E-state index contributed by atoms with van der Waals surface area (Å²) < 4.78 is 84.9. The van der Waals surface area contributed by atoms with Gasteiger partial charge in [0.15, 0.2) is 0 Å². The average molecular weight is 485 g/mol. The predicted molar refractivity (Wildman–Crippen MR) is 106 cm³/mol. The number of nitrogens with zero attached hydrogens (tertiary/aromatic N) is 3. The van der Waals surface area contributed by atoms with Crippen molar-refractivity contribution in [1.82, 2.24) is 4.31 Å². The number of alkyl halides is 3. The first kappa shape index (κ1) is 24.4. The fourth-order valence-electron chi connectivity index (χ4n) is 3.26. The summed E-state index contributed by atoms with van der Waals surface area (Å²) in [6.07, 6.45) is -6.18. The number of aliphatic hydroxyl groups is 2. The molecule has 1 saturated heterocycles. The molecule has 0 aromatic heterocycles. The first-order valence-corrected chi connectivity index (χ1v) is 10.6. The number of β-amino-alcohol motifs (C(OH)–C–C–N with tert-alkyl or cyclic N) is 1. The van der Waals surface area contributed by atoms with E-state index in [4.69, 9.17) is 17.9 Å². The quantitative estimate of drug-likeness (QED) is 0.501. The van der Waals surface area contributed by atoms with Gasteiger partial charge in [0.25, 0.3) is 0 Å². The zero-order chi connectivity index (χ0) is 24.6. The van der Waals surface area contributed by atoms with Crippen molar-refractivity contribution >= 4 is 21.4 Å². The molecule has 8 nitrogen and oxygen atoms in total. The fraction of sp³-hybridized carbons (Fsp3) is 0.300. The number of halogens is 4. The molecule has 0 aliphatic carbocycles. The molecule has 1 aliphatic heterocycles. The summed E-state index contributed by atoms with van der Waals surface area (Å²) in [5.41, 5.74) is -4.39. The lowest BCUT2D eigenvalue weighted by molar-refractivity contribution is -0.137. The maximum absolute atomic E-state index is 13.9. The molecule has 2 aromatic rings. The van der Waals surface area contributed by atoms with Crippen LogP contribution in [0.4, 0.5) is 28.9 Å². The van der Waals surface area contributed by atoms with Gasteiger partial charge in [-0.25, -0.2) is 22.5 Å². The number of aliphatic hydroxyl groups excluding tert-OH is 1. The molecule has 0 bridgehead atoms. The second kappa shape index (κ2) is 8.61. The Hall–Kier alpha value is -3.23. The molecule has 13 heteroatoms. The van der Waals surface area contributed by atoms with Crippen LogP contribution in [-0.4, -0.2) is 54.3 Å². The highest BCUT2D eigenvalue weighted by atomic mass is 32.2. The maximum atomic E-state index is 13.9. The summed E-state index contributed by atoms with van der Waals surface area (Å²) in [5.74, 6) is -1.06. The zero-order valence-electron chi connectivity index (χ0n) is 16.5. The molecule has 2 atom stereocenters. The van der Waals surface area contributed by atoms with Gasteiger partial charge in [0, 0.05) is 18.2 Å². The van der Waals surface area contributed by atoms with Crippen molar-refractivity contribution in [1.29, 1.82) is 0 Å². The molecule has 0 unspecified atom stereocenters. The Bertz CT molecular complexity index is 1270. The van der Waals surface area contributed by atoms with Crippen molar-refractivity contribution < 1.29 is 40.9 Å². The van der Waals surface area contributed by atoms with Gasteiger partial charge in [0.05, 0.1) is 31.2 Å². The Labute approximate surface area is 185 Å². The van der Waals surface area contributed by atoms with E-state index in [9.17, 15) is 36.2 Å². The van der Waals surface area contributed by atoms with E-state index in [1.165, 1.54) is 6.07 Å². The maximum Gasteiger partial charge on any atom is 0.415 e. The van der Waals surface area contributed by atoms with Crippen LogP contribution in [0.15, 0.2) is 41.3 Å². The third-order valence-electron chi connectivity index (χ3n) is 5.04. The third kappa shape index (κ3) is 4.62. The highest BCUT2D eigenvalue weighted by Crippen LogP contribution is 2.38. The Kier molecular flexibility index (Phi) is 6.37. The topological polar surface area (TPSA) is 95.8 Å². The third-order valence-corrected chi connectivity index (χ3v) is 6.89. The number of hydrogen-bond acceptors (Lipinski definition) is 5. The molecule has 1 heterocycles. The minimum atomic E-state index is -4.79. The van der Waals surface area contributed by atoms with Crippen molar-refractivity contribution in [2.75, 3.05) is 19.7 Å². The van der Waals surface area contributed by atoms with Gasteiger partial charge < -0.3 is 14.9 Å². The molecule has 0 spiro atoms. The van der Waals surface area contributed by atoms with Gasteiger partial charge in [-0.2, -0.15) is 17.5 Å². The van der Waals surface area contributed by atoms with Crippen LogP contribution in [0.3, 0.4) is 0 Å². The van der Waals surface area contributed by atoms with Crippen LogP contribution in [-0.2, 0) is 16.2 Å². The number of sulfonamides is 1. The average Bonchev–Trinajstić information content (AvgIpc) is 3.10. The van der Waals surface area contributed by atoms with Crippen molar-refractivity contribution in [3.05, 3.63) is 70.6 Å². The van der Waals surface area contributed by atoms with Crippen molar-refractivity contribution in [3.63, 3.8) is 0 Å². The van der Waals surface area contributed by atoms with E-state index in [2.05, 4.69) is 9.69 Å². The highest BCUT2D eigenvalue weighted by molar-refractivity contribution is 7.89. The summed E-state index contributed by atoms with van der Waals surface area (Å²) in [6, 6.07) is 4.77. The molecule has 1 fully saturated rings. The van der Waals surface area contributed by atoms with E-state index >= 15 is 0 Å². The van der Waals surface area contributed by atoms with Crippen molar-refractivity contribution in [2.45, 2.75) is 22.8 Å². The zero-order valence-corrected chi connectivity index (χ0v) is 17.4.